The van der Waals surface area contributed by atoms with Crippen LogP contribution in [-0.2, 0) is 11.3 Å². The Morgan fingerprint density at radius 1 is 1.15 bits per heavy atom. The Balaban J connectivity index is 1.82. The number of nitrogens with zero attached hydrogens (tertiary/aromatic N) is 1. The number of carbonyl (C=O) groups excluding carboxylic acids is 2. The van der Waals surface area contributed by atoms with Crippen molar-refractivity contribution in [3.8, 4) is 5.75 Å². The summed E-state index contributed by atoms with van der Waals surface area (Å²) in [4.78, 5) is 26.9. The predicted molar refractivity (Wildman–Crippen MR) is 110 cm³/mol. The van der Waals surface area contributed by atoms with E-state index >= 15 is 0 Å². The molecule has 27 heavy (non-hydrogen) atoms. The van der Waals surface area contributed by atoms with Crippen LogP contribution in [0.4, 0.5) is 4.79 Å². The lowest BCUT2D eigenvalue weighted by atomic mass is 10.1. The average Bonchev–Trinajstić information content (AvgIpc) is 2.91. The number of imide groups is 1. The van der Waals surface area contributed by atoms with Gasteiger partial charge in [0.2, 0.25) is 0 Å². The molecule has 1 aliphatic heterocycles. The fourth-order valence-corrected chi connectivity index (χ4v) is 3.61. The third-order valence-electron chi connectivity index (χ3n) is 4.41. The molecule has 2 aromatic rings. The molecule has 4 nitrogen and oxygen atoms in total. The SMILES string of the molecule is CC[C@H](C)Oc1ccccc1/C=C1/SC(=O)N(Cc2cccc(C)c2)C1=O. The second-order valence-electron chi connectivity index (χ2n) is 6.63. The average molecular weight is 381 g/mol. The molecule has 3 rings (SSSR count). The zero-order valence-electron chi connectivity index (χ0n) is 15.8. The predicted octanol–water partition coefficient (Wildman–Crippen LogP) is 5.41. The van der Waals surface area contributed by atoms with Crippen molar-refractivity contribution in [3.05, 3.63) is 70.1 Å². The van der Waals surface area contributed by atoms with Crippen molar-refractivity contribution in [2.45, 2.75) is 39.8 Å². The second kappa shape index (κ2) is 8.44. The van der Waals surface area contributed by atoms with Crippen LogP contribution in [0.5, 0.6) is 5.75 Å². The highest BCUT2D eigenvalue weighted by atomic mass is 32.2. The lowest BCUT2D eigenvalue weighted by molar-refractivity contribution is -0.123. The third-order valence-corrected chi connectivity index (χ3v) is 5.31. The molecule has 2 aromatic carbocycles. The third kappa shape index (κ3) is 4.61. The summed E-state index contributed by atoms with van der Waals surface area (Å²) in [6, 6.07) is 15.4. The van der Waals surface area contributed by atoms with Gasteiger partial charge in [-0.05, 0) is 49.7 Å². The first-order valence-corrected chi connectivity index (χ1v) is 9.86. The number of carbonyl (C=O) groups is 2. The first-order chi connectivity index (χ1) is 13.0. The van der Waals surface area contributed by atoms with Crippen LogP contribution >= 0.6 is 11.8 Å². The van der Waals surface area contributed by atoms with Gasteiger partial charge in [-0.15, -0.1) is 0 Å². The highest BCUT2D eigenvalue weighted by Crippen LogP contribution is 2.35. The van der Waals surface area contributed by atoms with Crippen LogP contribution < -0.4 is 4.74 Å². The highest BCUT2D eigenvalue weighted by molar-refractivity contribution is 8.18. The molecule has 1 aliphatic rings. The van der Waals surface area contributed by atoms with E-state index in [-0.39, 0.29) is 23.8 Å². The molecule has 0 aliphatic carbocycles. The topological polar surface area (TPSA) is 46.6 Å². The van der Waals surface area contributed by atoms with E-state index in [9.17, 15) is 9.59 Å². The maximum atomic E-state index is 12.8. The minimum atomic E-state index is -0.259. The molecule has 0 radical (unpaired) electrons. The number of benzene rings is 2. The maximum Gasteiger partial charge on any atom is 0.293 e. The Morgan fingerprint density at radius 2 is 1.93 bits per heavy atom. The number of hydrogen-bond acceptors (Lipinski definition) is 4. The molecule has 2 amide bonds. The van der Waals surface area contributed by atoms with Crippen molar-refractivity contribution in [2.75, 3.05) is 0 Å². The van der Waals surface area contributed by atoms with E-state index in [2.05, 4.69) is 6.92 Å². The highest BCUT2D eigenvalue weighted by Gasteiger charge is 2.35. The normalized spacial score (nSPS) is 16.9. The molecule has 0 spiro atoms. The number of rotatable bonds is 6. The number of thioether (sulfide) groups is 1. The van der Waals surface area contributed by atoms with Gasteiger partial charge in [-0.3, -0.25) is 14.5 Å². The van der Waals surface area contributed by atoms with Gasteiger partial charge in [-0.1, -0.05) is 55.0 Å². The lowest BCUT2D eigenvalue weighted by Crippen LogP contribution is -2.27. The number of amides is 2. The smallest absolute Gasteiger partial charge is 0.293 e. The molecule has 0 aromatic heterocycles. The number of ether oxygens (including phenoxy) is 1. The Kier molecular flexibility index (Phi) is 6.01. The van der Waals surface area contributed by atoms with Crippen LogP contribution in [0.15, 0.2) is 53.4 Å². The summed E-state index contributed by atoms with van der Waals surface area (Å²) in [6.45, 7) is 6.34. The molecule has 0 unspecified atom stereocenters. The number of para-hydroxylation sites is 1. The molecule has 0 N–H and O–H groups in total. The first-order valence-electron chi connectivity index (χ1n) is 9.04. The molecule has 5 heteroatoms. The number of hydrogen-bond donors (Lipinski definition) is 0. The van der Waals surface area contributed by atoms with Crippen LogP contribution in [0.3, 0.4) is 0 Å². The fourth-order valence-electron chi connectivity index (χ4n) is 2.78. The first kappa shape index (κ1) is 19.2. The lowest BCUT2D eigenvalue weighted by Gasteiger charge is -2.15. The number of aryl methyl sites for hydroxylation is 1. The van der Waals surface area contributed by atoms with E-state index in [0.29, 0.717) is 4.91 Å². The van der Waals surface area contributed by atoms with Gasteiger partial charge in [-0.25, -0.2) is 0 Å². The zero-order chi connectivity index (χ0) is 19.4. The second-order valence-corrected chi connectivity index (χ2v) is 7.62. The van der Waals surface area contributed by atoms with Crippen molar-refractivity contribution in [3.63, 3.8) is 0 Å². The molecule has 1 saturated heterocycles. The quantitative estimate of drug-likeness (QED) is 0.628. The molecular weight excluding hydrogens is 358 g/mol. The molecule has 140 valence electrons. The standard InChI is InChI=1S/C22H23NO3S/c1-4-16(3)26-19-11-6-5-10-18(19)13-20-21(24)23(22(25)27-20)14-17-9-7-8-15(2)12-17/h5-13,16H,4,14H2,1-3H3/b20-13+/t16-/m0/s1. The summed E-state index contributed by atoms with van der Waals surface area (Å²) < 4.78 is 5.94. The Bertz CT molecular complexity index is 891. The Hall–Kier alpha value is -2.53. The molecule has 1 atom stereocenters. The Labute approximate surface area is 164 Å². The van der Waals surface area contributed by atoms with Crippen LogP contribution in [0, 0.1) is 6.92 Å². The molecule has 1 heterocycles. The van der Waals surface area contributed by atoms with Gasteiger partial charge in [-0.2, -0.15) is 0 Å². The van der Waals surface area contributed by atoms with Gasteiger partial charge in [0.05, 0.1) is 17.6 Å². The summed E-state index contributed by atoms with van der Waals surface area (Å²) >= 11 is 0.976. The van der Waals surface area contributed by atoms with Crippen molar-refractivity contribution in [2.24, 2.45) is 0 Å². The zero-order valence-corrected chi connectivity index (χ0v) is 16.6. The molecule has 1 fully saturated rings. The summed E-state index contributed by atoms with van der Waals surface area (Å²) in [5, 5.41) is -0.243. The van der Waals surface area contributed by atoms with Crippen LogP contribution in [0.2, 0.25) is 0 Å². The summed E-state index contributed by atoms with van der Waals surface area (Å²) in [5.41, 5.74) is 2.85. The minimum Gasteiger partial charge on any atom is -0.490 e. The molecule has 0 saturated carbocycles. The van der Waals surface area contributed by atoms with E-state index in [1.807, 2.05) is 62.4 Å². The van der Waals surface area contributed by atoms with Crippen molar-refractivity contribution >= 4 is 29.0 Å². The summed E-state index contributed by atoms with van der Waals surface area (Å²) in [7, 11) is 0. The monoisotopic (exact) mass is 381 g/mol. The van der Waals surface area contributed by atoms with Gasteiger partial charge in [0, 0.05) is 5.56 Å². The van der Waals surface area contributed by atoms with Gasteiger partial charge in [0.15, 0.2) is 0 Å². The molecule has 0 bridgehead atoms. The summed E-state index contributed by atoms with van der Waals surface area (Å²) in [5.74, 6) is 0.460. The molecular formula is C22H23NO3S. The summed E-state index contributed by atoms with van der Waals surface area (Å²) in [6.07, 6.45) is 2.72. The van der Waals surface area contributed by atoms with Crippen molar-refractivity contribution < 1.29 is 14.3 Å². The van der Waals surface area contributed by atoms with Crippen LogP contribution in [-0.4, -0.2) is 22.2 Å². The van der Waals surface area contributed by atoms with Gasteiger partial charge in [0.25, 0.3) is 11.1 Å². The van der Waals surface area contributed by atoms with Crippen molar-refractivity contribution in [1.82, 2.24) is 4.90 Å². The maximum absolute atomic E-state index is 12.8. The Morgan fingerprint density at radius 3 is 2.67 bits per heavy atom. The van der Waals surface area contributed by atoms with Gasteiger partial charge >= 0.3 is 0 Å². The van der Waals surface area contributed by atoms with Crippen molar-refractivity contribution in [1.29, 1.82) is 0 Å². The van der Waals surface area contributed by atoms with E-state index in [4.69, 9.17) is 4.74 Å². The van der Waals surface area contributed by atoms with Crippen LogP contribution in [0.1, 0.15) is 37.0 Å². The van der Waals surface area contributed by atoms with Gasteiger partial charge < -0.3 is 4.74 Å². The van der Waals surface area contributed by atoms with Gasteiger partial charge in [0.1, 0.15) is 5.75 Å². The van der Waals surface area contributed by atoms with Crippen LogP contribution in [0.25, 0.3) is 6.08 Å². The van der Waals surface area contributed by atoms with E-state index in [1.54, 1.807) is 6.08 Å². The van der Waals surface area contributed by atoms with E-state index in [0.717, 1.165) is 40.6 Å². The van der Waals surface area contributed by atoms with E-state index < -0.39 is 0 Å². The largest absolute Gasteiger partial charge is 0.490 e. The fraction of sp³-hybridized carbons (Fsp3) is 0.273. The minimum absolute atomic E-state index is 0.0796. The van der Waals surface area contributed by atoms with E-state index in [1.165, 1.54) is 4.90 Å².